The van der Waals surface area contributed by atoms with Crippen molar-refractivity contribution in [2.75, 3.05) is 51.8 Å². The number of amides is 1. The van der Waals surface area contributed by atoms with Gasteiger partial charge >= 0.3 is 0 Å². The van der Waals surface area contributed by atoms with Crippen LogP contribution in [0.25, 0.3) is 32.2 Å². The molecule has 0 saturated carbocycles. The highest BCUT2D eigenvalue weighted by molar-refractivity contribution is 7.21. The second-order valence-electron chi connectivity index (χ2n) is 10.1. The molecule has 9 heteroatoms. The molecule has 1 amide bonds. The van der Waals surface area contributed by atoms with Gasteiger partial charge in [-0.2, -0.15) is 0 Å². The second kappa shape index (κ2) is 12.7. The molecule has 41 heavy (non-hydrogen) atoms. The highest BCUT2D eigenvalue weighted by Crippen LogP contribution is 2.34. The van der Waals surface area contributed by atoms with Crippen LogP contribution in [0, 0.1) is 0 Å². The van der Waals surface area contributed by atoms with Gasteiger partial charge in [0.1, 0.15) is 15.4 Å². The fourth-order valence-corrected chi connectivity index (χ4v) is 5.96. The minimum absolute atomic E-state index is 0.194. The standard InChI is InChI=1S/C32H32N6O2S/c1-40-18-17-37-13-15-38(16-14-37)22-23-19-29-32(34-21-23)41-31(36-29)26-9-5-6-10-27(26)35-30(39)25-11-12-33-28(20-25)24-7-3-2-4-8-24/h2-12,19-21H,13-18,22H2,1H3,(H,35,39). The number of fused-ring (bicyclic) bond motifs is 1. The number of nitrogens with one attached hydrogen (secondary N) is 1. The van der Waals surface area contributed by atoms with E-state index < -0.39 is 0 Å². The molecule has 1 fully saturated rings. The number of carbonyl (C=O) groups excluding carboxylic acids is 1. The number of thiazole rings is 1. The molecule has 208 valence electrons. The minimum atomic E-state index is -0.194. The SMILES string of the molecule is COCCN1CCN(Cc2cnc3sc(-c4ccccc4NC(=O)c4ccnc(-c5ccccc5)c4)nc3c2)CC1. The average Bonchev–Trinajstić information content (AvgIpc) is 3.45. The number of rotatable bonds is 9. The lowest BCUT2D eigenvalue weighted by atomic mass is 10.1. The quantitative estimate of drug-likeness (QED) is 0.255. The van der Waals surface area contributed by atoms with Gasteiger partial charge in [0.15, 0.2) is 0 Å². The molecule has 4 heterocycles. The predicted molar refractivity (Wildman–Crippen MR) is 164 cm³/mol. The van der Waals surface area contributed by atoms with Crippen LogP contribution < -0.4 is 5.32 Å². The molecule has 0 spiro atoms. The monoisotopic (exact) mass is 564 g/mol. The Labute approximate surface area is 243 Å². The first-order chi connectivity index (χ1) is 20.2. The van der Waals surface area contributed by atoms with E-state index in [1.807, 2.05) is 66.9 Å². The van der Waals surface area contributed by atoms with Crippen LogP contribution in [0.15, 0.2) is 85.2 Å². The van der Waals surface area contributed by atoms with Gasteiger partial charge < -0.3 is 10.1 Å². The molecule has 1 aliphatic rings. The Balaban J connectivity index is 1.17. The second-order valence-corrected chi connectivity index (χ2v) is 11.1. The third kappa shape index (κ3) is 6.49. The first-order valence-electron chi connectivity index (χ1n) is 13.8. The smallest absolute Gasteiger partial charge is 0.255 e. The van der Waals surface area contributed by atoms with E-state index in [0.29, 0.717) is 11.3 Å². The molecule has 0 aliphatic carbocycles. The maximum absolute atomic E-state index is 13.3. The van der Waals surface area contributed by atoms with E-state index in [1.165, 1.54) is 11.3 Å². The van der Waals surface area contributed by atoms with Crippen LogP contribution >= 0.6 is 11.3 Å². The summed E-state index contributed by atoms with van der Waals surface area (Å²) in [4.78, 5) is 33.2. The zero-order valence-electron chi connectivity index (χ0n) is 23.0. The van der Waals surface area contributed by atoms with Crippen molar-refractivity contribution in [3.8, 4) is 21.8 Å². The Bertz CT molecular complexity index is 1630. The number of pyridine rings is 2. The summed E-state index contributed by atoms with van der Waals surface area (Å²) in [7, 11) is 1.75. The Morgan fingerprint density at radius 2 is 1.73 bits per heavy atom. The molecule has 3 aromatic heterocycles. The number of piperazine rings is 1. The van der Waals surface area contributed by atoms with Gasteiger partial charge in [0.2, 0.25) is 0 Å². The molecule has 1 aliphatic heterocycles. The molecule has 0 unspecified atom stereocenters. The largest absolute Gasteiger partial charge is 0.383 e. The van der Waals surface area contributed by atoms with Crippen molar-refractivity contribution < 1.29 is 9.53 Å². The molecule has 2 aromatic carbocycles. The molecular weight excluding hydrogens is 532 g/mol. The van der Waals surface area contributed by atoms with Crippen LogP contribution in [0.5, 0.6) is 0 Å². The van der Waals surface area contributed by atoms with Gasteiger partial charge in [0.05, 0.1) is 18.0 Å². The molecule has 5 aromatic rings. The number of aromatic nitrogens is 3. The summed E-state index contributed by atoms with van der Waals surface area (Å²) in [6, 6.07) is 23.3. The van der Waals surface area contributed by atoms with Crippen molar-refractivity contribution in [1.82, 2.24) is 24.8 Å². The van der Waals surface area contributed by atoms with Crippen LogP contribution in [-0.4, -0.2) is 77.1 Å². The van der Waals surface area contributed by atoms with Crippen LogP contribution in [-0.2, 0) is 11.3 Å². The number of hydrogen-bond donors (Lipinski definition) is 1. The summed E-state index contributed by atoms with van der Waals surface area (Å²) < 4.78 is 5.22. The van der Waals surface area contributed by atoms with E-state index >= 15 is 0 Å². The lowest BCUT2D eigenvalue weighted by Gasteiger charge is -2.34. The summed E-state index contributed by atoms with van der Waals surface area (Å²) in [5.41, 5.74) is 5.89. The van der Waals surface area contributed by atoms with E-state index in [2.05, 4.69) is 26.2 Å². The molecule has 6 rings (SSSR count). The van der Waals surface area contributed by atoms with Crippen molar-refractivity contribution in [2.45, 2.75) is 6.54 Å². The Hall–Kier alpha value is -4.02. The number of carbonyl (C=O) groups is 1. The summed E-state index contributed by atoms with van der Waals surface area (Å²) >= 11 is 1.53. The van der Waals surface area contributed by atoms with E-state index in [9.17, 15) is 4.79 Å². The van der Waals surface area contributed by atoms with Crippen molar-refractivity contribution >= 4 is 33.3 Å². The summed E-state index contributed by atoms with van der Waals surface area (Å²) in [6.07, 6.45) is 3.63. The number of hydrogen-bond acceptors (Lipinski definition) is 8. The molecular formula is C32H32N6O2S. The van der Waals surface area contributed by atoms with Gasteiger partial charge in [0, 0.05) is 75.5 Å². The summed E-state index contributed by atoms with van der Waals surface area (Å²) in [5.74, 6) is -0.194. The number of benzene rings is 2. The van der Waals surface area contributed by atoms with Crippen LogP contribution in [0.3, 0.4) is 0 Å². The van der Waals surface area contributed by atoms with Crippen molar-refractivity contribution in [3.05, 3.63) is 96.3 Å². The zero-order valence-corrected chi connectivity index (χ0v) is 23.8. The first-order valence-corrected chi connectivity index (χ1v) is 14.6. The molecule has 0 radical (unpaired) electrons. The van der Waals surface area contributed by atoms with Crippen molar-refractivity contribution in [2.24, 2.45) is 0 Å². The van der Waals surface area contributed by atoms with Gasteiger partial charge in [-0.1, -0.05) is 53.8 Å². The summed E-state index contributed by atoms with van der Waals surface area (Å²) in [6.45, 7) is 6.78. The molecule has 0 bridgehead atoms. The lowest BCUT2D eigenvalue weighted by Crippen LogP contribution is -2.46. The van der Waals surface area contributed by atoms with E-state index in [1.54, 1.807) is 19.4 Å². The zero-order chi connectivity index (χ0) is 28.0. The first kappa shape index (κ1) is 27.2. The van der Waals surface area contributed by atoms with Crippen LogP contribution in [0.4, 0.5) is 5.69 Å². The van der Waals surface area contributed by atoms with Crippen molar-refractivity contribution in [3.63, 3.8) is 0 Å². The van der Waals surface area contributed by atoms with Gasteiger partial charge in [-0.3, -0.25) is 19.6 Å². The molecule has 1 saturated heterocycles. The van der Waals surface area contributed by atoms with E-state index in [-0.39, 0.29) is 5.91 Å². The molecule has 8 nitrogen and oxygen atoms in total. The van der Waals surface area contributed by atoms with Gasteiger partial charge in [-0.15, -0.1) is 0 Å². The maximum atomic E-state index is 13.3. The van der Waals surface area contributed by atoms with E-state index in [4.69, 9.17) is 14.7 Å². The van der Waals surface area contributed by atoms with Gasteiger partial charge in [-0.25, -0.2) is 9.97 Å². The van der Waals surface area contributed by atoms with Crippen LogP contribution in [0.1, 0.15) is 15.9 Å². The van der Waals surface area contributed by atoms with Crippen molar-refractivity contribution in [1.29, 1.82) is 0 Å². The number of anilines is 1. The summed E-state index contributed by atoms with van der Waals surface area (Å²) in [5, 5.41) is 3.92. The number of methoxy groups -OCH3 is 1. The van der Waals surface area contributed by atoms with Gasteiger partial charge in [-0.05, 0) is 35.9 Å². The Morgan fingerprint density at radius 3 is 2.56 bits per heavy atom. The molecule has 0 atom stereocenters. The Morgan fingerprint density at radius 1 is 0.951 bits per heavy atom. The van der Waals surface area contributed by atoms with Crippen LogP contribution in [0.2, 0.25) is 0 Å². The predicted octanol–water partition coefficient (Wildman–Crippen LogP) is 5.44. The Kier molecular flexibility index (Phi) is 8.39. The normalized spacial score (nSPS) is 14.4. The maximum Gasteiger partial charge on any atom is 0.255 e. The third-order valence-corrected chi connectivity index (χ3v) is 8.30. The van der Waals surface area contributed by atoms with Gasteiger partial charge in [0.25, 0.3) is 5.91 Å². The fraction of sp³-hybridized carbons (Fsp3) is 0.250. The number of para-hydroxylation sites is 1. The average molecular weight is 565 g/mol. The number of ether oxygens (including phenoxy) is 1. The highest BCUT2D eigenvalue weighted by Gasteiger charge is 2.18. The lowest BCUT2D eigenvalue weighted by molar-refractivity contribution is 0.0938. The fourth-order valence-electron chi connectivity index (χ4n) is 5.03. The topological polar surface area (TPSA) is 83.5 Å². The number of nitrogens with zero attached hydrogens (tertiary/aromatic N) is 5. The van der Waals surface area contributed by atoms with E-state index in [0.717, 1.165) is 83.6 Å². The third-order valence-electron chi connectivity index (χ3n) is 7.28. The highest BCUT2D eigenvalue weighted by atomic mass is 32.1. The molecule has 1 N–H and O–H groups in total. The minimum Gasteiger partial charge on any atom is -0.383 e.